The Kier molecular flexibility index (Phi) is 5.23. The Labute approximate surface area is 118 Å². The van der Waals surface area contributed by atoms with Crippen LogP contribution in [0.2, 0.25) is 0 Å². The van der Waals surface area contributed by atoms with Gasteiger partial charge >= 0.3 is 0 Å². The molecule has 0 amide bonds. The lowest BCUT2D eigenvalue weighted by Gasteiger charge is -2.39. The van der Waals surface area contributed by atoms with Gasteiger partial charge in [0.05, 0.1) is 11.7 Å². The molecule has 0 aromatic heterocycles. The highest BCUT2D eigenvalue weighted by atomic mass is 16.5. The Bertz CT molecular complexity index is 271. The molecule has 0 radical (unpaired) electrons. The molecule has 2 fully saturated rings. The lowest BCUT2D eigenvalue weighted by molar-refractivity contribution is -0.0350. The van der Waals surface area contributed by atoms with Crippen LogP contribution in [0.1, 0.15) is 40.0 Å². The van der Waals surface area contributed by atoms with E-state index in [0.29, 0.717) is 12.1 Å². The van der Waals surface area contributed by atoms with E-state index in [9.17, 15) is 0 Å². The summed E-state index contributed by atoms with van der Waals surface area (Å²) in [5, 5.41) is 0. The topological polar surface area (TPSA) is 41.7 Å². The summed E-state index contributed by atoms with van der Waals surface area (Å²) in [6.45, 7) is 13.2. The molecule has 2 heterocycles. The summed E-state index contributed by atoms with van der Waals surface area (Å²) in [5.41, 5.74) is 5.93. The first kappa shape index (κ1) is 15.2. The van der Waals surface area contributed by atoms with E-state index in [4.69, 9.17) is 10.5 Å². The van der Waals surface area contributed by atoms with Crippen molar-refractivity contribution >= 4 is 0 Å². The SMILES string of the molecule is CCC(CN)N1CCN(CC2CCC(C)(C)O2)CC1. The second kappa shape index (κ2) is 6.53. The van der Waals surface area contributed by atoms with Gasteiger partial charge in [-0.05, 0) is 33.1 Å². The van der Waals surface area contributed by atoms with E-state index in [1.54, 1.807) is 0 Å². The normalized spacial score (nSPS) is 30.6. The van der Waals surface area contributed by atoms with E-state index in [-0.39, 0.29) is 5.60 Å². The number of hydrogen-bond donors (Lipinski definition) is 1. The van der Waals surface area contributed by atoms with Crippen molar-refractivity contribution in [2.45, 2.75) is 57.8 Å². The summed E-state index contributed by atoms with van der Waals surface area (Å²) in [6.07, 6.45) is 4.02. The van der Waals surface area contributed by atoms with E-state index in [1.807, 2.05) is 0 Å². The minimum atomic E-state index is 0.0966. The molecule has 2 saturated heterocycles. The van der Waals surface area contributed by atoms with Gasteiger partial charge < -0.3 is 10.5 Å². The molecule has 0 spiro atoms. The molecule has 0 aliphatic carbocycles. The molecular weight excluding hydrogens is 238 g/mol. The maximum absolute atomic E-state index is 6.09. The summed E-state index contributed by atoms with van der Waals surface area (Å²) in [4.78, 5) is 5.11. The van der Waals surface area contributed by atoms with Crippen molar-refractivity contribution < 1.29 is 4.74 Å². The first-order valence-electron chi connectivity index (χ1n) is 7.88. The molecule has 2 atom stereocenters. The van der Waals surface area contributed by atoms with Crippen molar-refractivity contribution in [1.82, 2.24) is 9.80 Å². The van der Waals surface area contributed by atoms with E-state index in [2.05, 4.69) is 30.6 Å². The number of nitrogens with two attached hydrogens (primary N) is 1. The van der Waals surface area contributed by atoms with E-state index >= 15 is 0 Å². The van der Waals surface area contributed by atoms with Crippen molar-refractivity contribution in [1.29, 1.82) is 0 Å². The quantitative estimate of drug-likeness (QED) is 0.817. The van der Waals surface area contributed by atoms with Crippen LogP contribution < -0.4 is 5.73 Å². The Balaban J connectivity index is 1.72. The summed E-state index contributed by atoms with van der Waals surface area (Å²) >= 11 is 0. The van der Waals surface area contributed by atoms with Crippen LogP contribution in [-0.2, 0) is 4.74 Å². The maximum Gasteiger partial charge on any atom is 0.0710 e. The fraction of sp³-hybridized carbons (Fsp3) is 1.00. The lowest BCUT2D eigenvalue weighted by Crippen LogP contribution is -2.53. The molecule has 112 valence electrons. The fourth-order valence-electron chi connectivity index (χ4n) is 3.38. The molecule has 2 aliphatic heterocycles. The monoisotopic (exact) mass is 269 g/mol. The van der Waals surface area contributed by atoms with Gasteiger partial charge in [0.25, 0.3) is 0 Å². The predicted molar refractivity (Wildman–Crippen MR) is 79.3 cm³/mol. The summed E-state index contributed by atoms with van der Waals surface area (Å²) < 4.78 is 6.09. The van der Waals surface area contributed by atoms with Crippen LogP contribution in [0.15, 0.2) is 0 Å². The largest absolute Gasteiger partial charge is 0.371 e. The fourth-order valence-corrected chi connectivity index (χ4v) is 3.38. The number of piperazine rings is 1. The molecule has 0 aromatic rings. The van der Waals surface area contributed by atoms with Gasteiger partial charge in [-0.25, -0.2) is 0 Å². The molecule has 0 aromatic carbocycles. The highest BCUT2D eigenvalue weighted by Crippen LogP contribution is 2.29. The molecule has 0 bridgehead atoms. The van der Waals surface area contributed by atoms with E-state index < -0.39 is 0 Å². The number of hydrogen-bond acceptors (Lipinski definition) is 4. The smallest absolute Gasteiger partial charge is 0.0710 e. The summed E-state index contributed by atoms with van der Waals surface area (Å²) in [5.74, 6) is 0. The molecule has 4 heteroatoms. The van der Waals surface area contributed by atoms with Crippen molar-refractivity contribution in [3.63, 3.8) is 0 Å². The molecule has 2 unspecified atom stereocenters. The van der Waals surface area contributed by atoms with E-state index in [0.717, 1.165) is 45.7 Å². The molecule has 2 aliphatic rings. The zero-order valence-electron chi connectivity index (χ0n) is 12.9. The third-order valence-corrected chi connectivity index (χ3v) is 4.68. The summed E-state index contributed by atoms with van der Waals surface area (Å²) in [6, 6.07) is 0.573. The zero-order chi connectivity index (χ0) is 13.9. The second-order valence-electron chi connectivity index (χ2n) is 6.67. The Hall–Kier alpha value is -0.160. The first-order valence-corrected chi connectivity index (χ1v) is 7.88. The van der Waals surface area contributed by atoms with Crippen molar-refractivity contribution in [3.8, 4) is 0 Å². The van der Waals surface area contributed by atoms with Crippen LogP contribution >= 0.6 is 0 Å². The first-order chi connectivity index (χ1) is 9.04. The molecular formula is C15H31N3O. The van der Waals surface area contributed by atoms with Gasteiger partial charge in [0.2, 0.25) is 0 Å². The average Bonchev–Trinajstić information content (AvgIpc) is 2.72. The number of rotatable bonds is 5. The average molecular weight is 269 g/mol. The number of nitrogens with zero attached hydrogens (tertiary/aromatic N) is 2. The van der Waals surface area contributed by atoms with Crippen molar-refractivity contribution in [2.24, 2.45) is 5.73 Å². The Morgan fingerprint density at radius 2 is 1.95 bits per heavy atom. The van der Waals surface area contributed by atoms with Crippen molar-refractivity contribution in [2.75, 3.05) is 39.3 Å². The Morgan fingerprint density at radius 3 is 2.42 bits per heavy atom. The van der Waals surface area contributed by atoms with E-state index in [1.165, 1.54) is 12.8 Å². The molecule has 19 heavy (non-hydrogen) atoms. The standard InChI is InChI=1S/C15H31N3O/c1-4-13(11-16)18-9-7-17(8-10-18)12-14-5-6-15(2,3)19-14/h13-14H,4-12,16H2,1-3H3. The maximum atomic E-state index is 6.09. The van der Waals surface area contributed by atoms with Crippen LogP contribution in [0, 0.1) is 0 Å². The predicted octanol–water partition coefficient (Wildman–Crippen LogP) is 1.30. The van der Waals surface area contributed by atoms with Crippen molar-refractivity contribution in [3.05, 3.63) is 0 Å². The van der Waals surface area contributed by atoms with Crippen LogP contribution in [0.4, 0.5) is 0 Å². The molecule has 2 N–H and O–H groups in total. The Morgan fingerprint density at radius 1 is 1.26 bits per heavy atom. The molecule has 0 saturated carbocycles. The molecule has 4 nitrogen and oxygen atoms in total. The van der Waals surface area contributed by atoms with Gasteiger partial charge in [-0.3, -0.25) is 9.80 Å². The lowest BCUT2D eigenvalue weighted by atomic mass is 10.1. The highest BCUT2D eigenvalue weighted by Gasteiger charge is 2.33. The molecule has 2 rings (SSSR count). The van der Waals surface area contributed by atoms with Gasteiger partial charge in [-0.2, -0.15) is 0 Å². The van der Waals surface area contributed by atoms with Gasteiger partial charge in [-0.1, -0.05) is 6.92 Å². The van der Waals surface area contributed by atoms with Gasteiger partial charge in [-0.15, -0.1) is 0 Å². The van der Waals surface area contributed by atoms with Crippen LogP contribution in [0.5, 0.6) is 0 Å². The summed E-state index contributed by atoms with van der Waals surface area (Å²) in [7, 11) is 0. The zero-order valence-corrected chi connectivity index (χ0v) is 12.9. The minimum Gasteiger partial charge on any atom is -0.371 e. The van der Waals surface area contributed by atoms with Gasteiger partial charge in [0.15, 0.2) is 0 Å². The van der Waals surface area contributed by atoms with Crippen LogP contribution in [0.3, 0.4) is 0 Å². The van der Waals surface area contributed by atoms with Crippen LogP contribution in [-0.4, -0.2) is 66.8 Å². The highest BCUT2D eigenvalue weighted by molar-refractivity contribution is 4.85. The third kappa shape index (κ3) is 4.15. The second-order valence-corrected chi connectivity index (χ2v) is 6.67. The minimum absolute atomic E-state index is 0.0966. The third-order valence-electron chi connectivity index (χ3n) is 4.68. The number of ether oxygens (including phenoxy) is 1. The van der Waals surface area contributed by atoms with Gasteiger partial charge in [0, 0.05) is 45.3 Å². The van der Waals surface area contributed by atoms with Gasteiger partial charge in [0.1, 0.15) is 0 Å². The van der Waals surface area contributed by atoms with Crippen LogP contribution in [0.25, 0.3) is 0 Å².